The Hall–Kier alpha value is -1.22. The van der Waals surface area contributed by atoms with Crippen molar-refractivity contribution in [3.8, 4) is 0 Å². The van der Waals surface area contributed by atoms with Crippen molar-refractivity contribution in [2.24, 2.45) is 5.92 Å². The molecule has 1 aromatic carbocycles. The van der Waals surface area contributed by atoms with E-state index in [0.29, 0.717) is 18.8 Å². The zero-order chi connectivity index (χ0) is 14.3. The number of para-hydroxylation sites is 1. The number of amides is 1. The summed E-state index contributed by atoms with van der Waals surface area (Å²) in [6.07, 6.45) is 3.39. The lowest BCUT2D eigenvalue weighted by Crippen LogP contribution is -2.32. The minimum atomic E-state index is 0. The van der Waals surface area contributed by atoms with E-state index in [2.05, 4.69) is 26.1 Å². The predicted molar refractivity (Wildman–Crippen MR) is 88.1 cm³/mol. The predicted octanol–water partition coefficient (Wildman–Crippen LogP) is 3.56. The van der Waals surface area contributed by atoms with Crippen molar-refractivity contribution in [1.29, 1.82) is 0 Å². The molecular weight excluding hydrogens is 272 g/mol. The number of hydrogen-bond donors (Lipinski definition) is 2. The number of nitrogens with two attached hydrogens (primary N) is 1. The van der Waals surface area contributed by atoms with E-state index in [9.17, 15) is 4.79 Å². The highest BCUT2D eigenvalue weighted by atomic mass is 35.5. The van der Waals surface area contributed by atoms with Gasteiger partial charge in [-0.2, -0.15) is 0 Å². The molecule has 0 bridgehead atoms. The molecule has 1 aromatic rings. The highest BCUT2D eigenvalue weighted by Gasteiger charge is 2.09. The molecule has 0 aromatic heterocycles. The summed E-state index contributed by atoms with van der Waals surface area (Å²) in [7, 11) is 0. The van der Waals surface area contributed by atoms with E-state index in [1.165, 1.54) is 0 Å². The smallest absolute Gasteiger partial charge is 0.220 e. The highest BCUT2D eigenvalue weighted by molar-refractivity contribution is 5.85. The van der Waals surface area contributed by atoms with Crippen LogP contribution in [0.4, 0.5) is 5.69 Å². The first-order valence-electron chi connectivity index (χ1n) is 7.11. The minimum Gasteiger partial charge on any atom is -0.399 e. The van der Waals surface area contributed by atoms with Gasteiger partial charge in [-0.1, -0.05) is 32.0 Å². The Bertz CT molecular complexity index is 407. The Balaban J connectivity index is 0.00000361. The molecule has 1 amide bonds. The van der Waals surface area contributed by atoms with Gasteiger partial charge in [0.05, 0.1) is 0 Å². The number of aryl methyl sites for hydroxylation is 1. The second-order valence-corrected chi connectivity index (χ2v) is 5.64. The maximum Gasteiger partial charge on any atom is 0.220 e. The van der Waals surface area contributed by atoms with Crippen LogP contribution >= 0.6 is 12.4 Å². The summed E-state index contributed by atoms with van der Waals surface area (Å²) in [5, 5.41) is 3.05. The molecule has 0 heterocycles. The van der Waals surface area contributed by atoms with E-state index >= 15 is 0 Å². The number of nitrogen functional groups attached to an aromatic ring is 1. The van der Waals surface area contributed by atoms with E-state index < -0.39 is 0 Å². The molecule has 0 aliphatic heterocycles. The number of halogens is 1. The largest absolute Gasteiger partial charge is 0.399 e. The Morgan fingerprint density at radius 2 is 1.85 bits per heavy atom. The summed E-state index contributed by atoms with van der Waals surface area (Å²) in [6.45, 7) is 6.47. The van der Waals surface area contributed by atoms with Crippen LogP contribution in [-0.4, -0.2) is 11.9 Å². The lowest BCUT2D eigenvalue weighted by atomic mass is 10.0. The molecule has 0 saturated carbocycles. The van der Waals surface area contributed by atoms with Crippen LogP contribution in [0.2, 0.25) is 0 Å². The first-order valence-corrected chi connectivity index (χ1v) is 7.11. The topological polar surface area (TPSA) is 55.1 Å². The lowest BCUT2D eigenvalue weighted by molar-refractivity contribution is -0.121. The third-order valence-electron chi connectivity index (χ3n) is 3.26. The van der Waals surface area contributed by atoms with E-state index in [1.54, 1.807) is 0 Å². The molecule has 1 unspecified atom stereocenters. The summed E-state index contributed by atoms with van der Waals surface area (Å²) in [5.41, 5.74) is 7.67. The van der Waals surface area contributed by atoms with Crippen LogP contribution in [0.15, 0.2) is 24.3 Å². The Labute approximate surface area is 128 Å². The van der Waals surface area contributed by atoms with Gasteiger partial charge < -0.3 is 11.1 Å². The SMILES string of the molecule is CC(C)CCC(C)NC(=O)CCc1ccccc1N.Cl. The highest BCUT2D eigenvalue weighted by Crippen LogP contribution is 2.13. The van der Waals surface area contributed by atoms with E-state index in [-0.39, 0.29) is 24.4 Å². The summed E-state index contributed by atoms with van der Waals surface area (Å²) in [4.78, 5) is 11.8. The summed E-state index contributed by atoms with van der Waals surface area (Å²) in [5.74, 6) is 0.794. The zero-order valence-corrected chi connectivity index (χ0v) is 13.5. The van der Waals surface area contributed by atoms with Crippen molar-refractivity contribution < 1.29 is 4.79 Å². The van der Waals surface area contributed by atoms with Crippen LogP contribution in [0, 0.1) is 5.92 Å². The lowest BCUT2D eigenvalue weighted by Gasteiger charge is -2.15. The molecule has 0 fully saturated rings. The molecule has 3 N–H and O–H groups in total. The standard InChI is InChI=1S/C16H26N2O.ClH/c1-12(2)8-9-13(3)18-16(19)11-10-14-6-4-5-7-15(14)17;/h4-7,12-13H,8-11,17H2,1-3H3,(H,18,19);1H. The quantitative estimate of drug-likeness (QED) is 0.756. The number of rotatable bonds is 7. The number of nitrogens with one attached hydrogen (secondary N) is 1. The van der Waals surface area contributed by atoms with Crippen molar-refractivity contribution in [3.05, 3.63) is 29.8 Å². The van der Waals surface area contributed by atoms with Crippen LogP contribution in [0.5, 0.6) is 0 Å². The summed E-state index contributed by atoms with van der Waals surface area (Å²) in [6, 6.07) is 7.97. The van der Waals surface area contributed by atoms with Crippen LogP contribution < -0.4 is 11.1 Å². The van der Waals surface area contributed by atoms with Crippen molar-refractivity contribution in [2.45, 2.75) is 52.5 Å². The van der Waals surface area contributed by atoms with E-state index in [0.717, 1.165) is 24.1 Å². The van der Waals surface area contributed by atoms with Crippen LogP contribution in [0.3, 0.4) is 0 Å². The Morgan fingerprint density at radius 1 is 1.20 bits per heavy atom. The molecule has 0 saturated heterocycles. The Kier molecular flexibility index (Phi) is 9.06. The molecule has 4 heteroatoms. The molecule has 0 spiro atoms. The molecule has 3 nitrogen and oxygen atoms in total. The van der Waals surface area contributed by atoms with Crippen molar-refractivity contribution in [3.63, 3.8) is 0 Å². The molecule has 114 valence electrons. The van der Waals surface area contributed by atoms with Crippen molar-refractivity contribution in [2.75, 3.05) is 5.73 Å². The molecule has 0 radical (unpaired) electrons. The van der Waals surface area contributed by atoms with Crippen LogP contribution in [0.25, 0.3) is 0 Å². The first kappa shape index (κ1) is 18.8. The third-order valence-corrected chi connectivity index (χ3v) is 3.26. The maximum absolute atomic E-state index is 11.8. The molecule has 0 aliphatic rings. The minimum absolute atomic E-state index is 0. The average Bonchev–Trinajstić information content (AvgIpc) is 2.35. The number of anilines is 1. The van der Waals surface area contributed by atoms with Crippen LogP contribution in [0.1, 0.15) is 45.6 Å². The molecule has 1 atom stereocenters. The molecular formula is C16H27ClN2O. The average molecular weight is 299 g/mol. The van der Waals surface area contributed by atoms with Crippen LogP contribution in [-0.2, 0) is 11.2 Å². The van der Waals surface area contributed by atoms with Gasteiger partial charge in [0.2, 0.25) is 5.91 Å². The maximum atomic E-state index is 11.8. The molecule has 1 rings (SSSR count). The van der Waals surface area contributed by atoms with E-state index in [1.807, 2.05) is 24.3 Å². The zero-order valence-electron chi connectivity index (χ0n) is 12.7. The first-order chi connectivity index (χ1) is 8.99. The number of carbonyl (C=O) groups excluding carboxylic acids is 1. The van der Waals surface area contributed by atoms with Gasteiger partial charge in [-0.05, 0) is 43.7 Å². The number of carbonyl (C=O) groups is 1. The molecule has 20 heavy (non-hydrogen) atoms. The van der Waals surface area contributed by atoms with Gasteiger partial charge in [0.25, 0.3) is 0 Å². The fraction of sp³-hybridized carbons (Fsp3) is 0.562. The third kappa shape index (κ3) is 7.39. The molecule has 0 aliphatic carbocycles. The van der Waals surface area contributed by atoms with Gasteiger partial charge in [0.1, 0.15) is 0 Å². The fourth-order valence-electron chi connectivity index (χ4n) is 2.01. The van der Waals surface area contributed by atoms with Gasteiger partial charge in [-0.25, -0.2) is 0 Å². The van der Waals surface area contributed by atoms with Crippen molar-refractivity contribution >= 4 is 24.0 Å². The number of hydrogen-bond acceptors (Lipinski definition) is 2. The second-order valence-electron chi connectivity index (χ2n) is 5.64. The van der Waals surface area contributed by atoms with Gasteiger partial charge in [-0.15, -0.1) is 12.4 Å². The van der Waals surface area contributed by atoms with Crippen molar-refractivity contribution in [1.82, 2.24) is 5.32 Å². The fourth-order valence-corrected chi connectivity index (χ4v) is 2.01. The van der Waals surface area contributed by atoms with Gasteiger partial charge >= 0.3 is 0 Å². The Morgan fingerprint density at radius 3 is 2.45 bits per heavy atom. The summed E-state index contributed by atoms with van der Waals surface area (Å²) >= 11 is 0. The van der Waals surface area contributed by atoms with Gasteiger partial charge in [0.15, 0.2) is 0 Å². The summed E-state index contributed by atoms with van der Waals surface area (Å²) < 4.78 is 0. The van der Waals surface area contributed by atoms with E-state index in [4.69, 9.17) is 5.73 Å². The van der Waals surface area contributed by atoms with Gasteiger partial charge in [-0.3, -0.25) is 4.79 Å². The van der Waals surface area contributed by atoms with Gasteiger partial charge in [0, 0.05) is 18.2 Å². The second kappa shape index (κ2) is 9.65. The number of benzene rings is 1. The normalized spacial score (nSPS) is 11.8. The monoisotopic (exact) mass is 298 g/mol.